The summed E-state index contributed by atoms with van der Waals surface area (Å²) < 4.78 is 0. The van der Waals surface area contributed by atoms with Crippen LogP contribution in [0.4, 0.5) is 11.4 Å². The fourth-order valence-electron chi connectivity index (χ4n) is 1.75. The van der Waals surface area contributed by atoms with E-state index in [9.17, 15) is 4.79 Å². The number of halogens is 2. The summed E-state index contributed by atoms with van der Waals surface area (Å²) in [7, 11) is 0. The van der Waals surface area contributed by atoms with Crippen molar-refractivity contribution in [2.24, 2.45) is 5.92 Å². The number of benzene rings is 1. The van der Waals surface area contributed by atoms with Gasteiger partial charge in [-0.1, -0.05) is 43.1 Å². The number of amides is 1. The summed E-state index contributed by atoms with van der Waals surface area (Å²) in [6.07, 6.45) is 1.63. The summed E-state index contributed by atoms with van der Waals surface area (Å²) in [6.45, 7) is 5.09. The smallest absolute Gasteiger partial charge is 0.274 e. The summed E-state index contributed by atoms with van der Waals surface area (Å²) in [5.74, 6) is 0.177. The Balaban J connectivity index is 2.07. The average Bonchev–Trinajstić information content (AvgIpc) is 2.49. The van der Waals surface area contributed by atoms with Crippen molar-refractivity contribution in [3.05, 3.63) is 52.3 Å². The van der Waals surface area contributed by atoms with Crippen molar-refractivity contribution in [2.45, 2.75) is 13.8 Å². The van der Waals surface area contributed by atoms with E-state index in [0.717, 1.165) is 12.2 Å². The van der Waals surface area contributed by atoms with Crippen LogP contribution >= 0.6 is 23.2 Å². The van der Waals surface area contributed by atoms with E-state index in [4.69, 9.17) is 23.2 Å². The zero-order chi connectivity index (χ0) is 16.1. The zero-order valence-electron chi connectivity index (χ0n) is 12.4. The number of nitrogens with one attached hydrogen (secondary N) is 2. The Labute approximate surface area is 139 Å². The van der Waals surface area contributed by atoms with Gasteiger partial charge in [0.2, 0.25) is 0 Å². The van der Waals surface area contributed by atoms with Gasteiger partial charge in [-0.2, -0.15) is 0 Å². The molecule has 0 aliphatic carbocycles. The summed E-state index contributed by atoms with van der Waals surface area (Å²) >= 11 is 12.1. The number of hydrogen-bond donors (Lipinski definition) is 2. The normalized spacial score (nSPS) is 10.6. The van der Waals surface area contributed by atoms with Gasteiger partial charge in [0, 0.05) is 6.54 Å². The molecule has 1 aromatic heterocycles. The number of carbonyl (C=O) groups excluding carboxylic acids is 1. The lowest BCUT2D eigenvalue weighted by Crippen LogP contribution is -2.15. The maximum Gasteiger partial charge on any atom is 0.274 e. The van der Waals surface area contributed by atoms with E-state index in [0.29, 0.717) is 27.3 Å². The van der Waals surface area contributed by atoms with Crippen molar-refractivity contribution in [2.75, 3.05) is 17.2 Å². The average molecular weight is 338 g/mol. The van der Waals surface area contributed by atoms with Crippen LogP contribution in [0.1, 0.15) is 24.3 Å². The van der Waals surface area contributed by atoms with Crippen LogP contribution in [0, 0.1) is 5.92 Å². The molecular formula is C16H17Cl2N3O. The van der Waals surface area contributed by atoms with Gasteiger partial charge in [0.05, 0.1) is 27.6 Å². The Morgan fingerprint density at radius 1 is 1.18 bits per heavy atom. The molecule has 0 spiro atoms. The van der Waals surface area contributed by atoms with Crippen LogP contribution < -0.4 is 10.6 Å². The number of pyridine rings is 1. The second kappa shape index (κ2) is 7.47. The van der Waals surface area contributed by atoms with Crippen LogP contribution in [0.2, 0.25) is 10.0 Å². The van der Waals surface area contributed by atoms with Crippen LogP contribution in [-0.4, -0.2) is 17.4 Å². The minimum atomic E-state index is -0.356. The third kappa shape index (κ3) is 4.36. The van der Waals surface area contributed by atoms with Crippen molar-refractivity contribution < 1.29 is 4.79 Å². The molecule has 1 heterocycles. The first-order valence-corrected chi connectivity index (χ1v) is 7.68. The lowest BCUT2D eigenvalue weighted by molar-refractivity contribution is 0.102. The summed E-state index contributed by atoms with van der Waals surface area (Å²) in [5, 5.41) is 6.69. The second-order valence-electron chi connectivity index (χ2n) is 5.26. The monoisotopic (exact) mass is 337 g/mol. The van der Waals surface area contributed by atoms with E-state index in [2.05, 4.69) is 29.5 Å². The molecule has 2 aromatic rings. The SMILES string of the molecule is CC(C)CNc1ccc(C(=O)Nc2c(Cl)cccc2Cl)nc1. The van der Waals surface area contributed by atoms with Crippen LogP contribution in [0.5, 0.6) is 0 Å². The van der Waals surface area contributed by atoms with Crippen molar-refractivity contribution in [3.8, 4) is 0 Å². The molecule has 0 aliphatic heterocycles. The van der Waals surface area contributed by atoms with Crippen LogP contribution in [0.15, 0.2) is 36.5 Å². The minimum Gasteiger partial charge on any atom is -0.384 e. The van der Waals surface area contributed by atoms with Crippen molar-refractivity contribution in [3.63, 3.8) is 0 Å². The van der Waals surface area contributed by atoms with E-state index in [1.807, 2.05) is 6.07 Å². The summed E-state index contributed by atoms with van der Waals surface area (Å²) in [4.78, 5) is 16.3. The fourth-order valence-corrected chi connectivity index (χ4v) is 2.24. The maximum atomic E-state index is 12.2. The van der Waals surface area contributed by atoms with Crippen LogP contribution in [-0.2, 0) is 0 Å². The van der Waals surface area contributed by atoms with Gasteiger partial charge in [0.1, 0.15) is 5.69 Å². The largest absolute Gasteiger partial charge is 0.384 e. The summed E-state index contributed by atoms with van der Waals surface area (Å²) in [6, 6.07) is 8.51. The van der Waals surface area contributed by atoms with Gasteiger partial charge in [-0.15, -0.1) is 0 Å². The molecule has 0 unspecified atom stereocenters. The number of para-hydroxylation sites is 1. The van der Waals surface area contributed by atoms with Crippen molar-refractivity contribution >= 4 is 40.5 Å². The molecule has 0 atom stereocenters. The molecule has 4 nitrogen and oxygen atoms in total. The quantitative estimate of drug-likeness (QED) is 0.830. The predicted molar refractivity (Wildman–Crippen MR) is 92.0 cm³/mol. The minimum absolute atomic E-state index is 0.297. The van der Waals surface area contributed by atoms with Gasteiger partial charge in [0.15, 0.2) is 0 Å². The van der Waals surface area contributed by atoms with Crippen LogP contribution in [0.3, 0.4) is 0 Å². The molecule has 1 amide bonds. The third-order valence-corrected chi connectivity index (χ3v) is 3.54. The van der Waals surface area contributed by atoms with E-state index < -0.39 is 0 Å². The molecule has 0 saturated carbocycles. The van der Waals surface area contributed by atoms with Gasteiger partial charge in [-0.05, 0) is 30.2 Å². The molecule has 2 rings (SSSR count). The van der Waals surface area contributed by atoms with Crippen molar-refractivity contribution in [1.29, 1.82) is 0 Å². The van der Waals surface area contributed by atoms with Gasteiger partial charge >= 0.3 is 0 Å². The highest BCUT2D eigenvalue weighted by Crippen LogP contribution is 2.30. The molecule has 6 heteroatoms. The number of hydrogen-bond acceptors (Lipinski definition) is 3. The highest BCUT2D eigenvalue weighted by Gasteiger charge is 2.12. The second-order valence-corrected chi connectivity index (χ2v) is 6.07. The molecule has 1 aromatic carbocycles. The summed E-state index contributed by atoms with van der Waals surface area (Å²) in [5.41, 5.74) is 1.56. The maximum absolute atomic E-state index is 12.2. The topological polar surface area (TPSA) is 54.0 Å². The highest BCUT2D eigenvalue weighted by molar-refractivity contribution is 6.39. The lowest BCUT2D eigenvalue weighted by Gasteiger charge is -2.10. The predicted octanol–water partition coefficient (Wildman–Crippen LogP) is 4.71. The third-order valence-electron chi connectivity index (χ3n) is 2.91. The first kappa shape index (κ1) is 16.6. The standard InChI is InChI=1S/C16H17Cl2N3O/c1-10(2)8-19-11-6-7-14(20-9-11)16(22)21-15-12(17)4-3-5-13(15)18/h3-7,9-10,19H,8H2,1-2H3,(H,21,22). The van der Waals surface area contributed by atoms with E-state index >= 15 is 0 Å². The Morgan fingerprint density at radius 2 is 1.86 bits per heavy atom. The molecule has 22 heavy (non-hydrogen) atoms. The molecule has 2 N–H and O–H groups in total. The van der Waals surface area contributed by atoms with Crippen molar-refractivity contribution in [1.82, 2.24) is 4.98 Å². The van der Waals surface area contributed by atoms with Gasteiger partial charge in [-0.25, -0.2) is 4.98 Å². The number of nitrogens with zero attached hydrogens (tertiary/aromatic N) is 1. The molecule has 0 radical (unpaired) electrons. The molecule has 0 fully saturated rings. The Hall–Kier alpha value is -1.78. The first-order chi connectivity index (χ1) is 10.5. The lowest BCUT2D eigenvalue weighted by atomic mass is 10.2. The number of carbonyl (C=O) groups is 1. The fraction of sp³-hybridized carbons (Fsp3) is 0.250. The molecule has 0 aliphatic rings. The van der Waals surface area contributed by atoms with Gasteiger partial charge in [0.25, 0.3) is 5.91 Å². The van der Waals surface area contributed by atoms with Gasteiger partial charge in [-0.3, -0.25) is 4.79 Å². The van der Waals surface area contributed by atoms with Crippen LogP contribution in [0.25, 0.3) is 0 Å². The Morgan fingerprint density at radius 3 is 2.41 bits per heavy atom. The van der Waals surface area contributed by atoms with E-state index in [1.165, 1.54) is 0 Å². The first-order valence-electron chi connectivity index (χ1n) is 6.92. The van der Waals surface area contributed by atoms with E-state index in [1.54, 1.807) is 30.5 Å². The number of aromatic nitrogens is 1. The molecular weight excluding hydrogens is 321 g/mol. The molecule has 0 saturated heterocycles. The number of anilines is 2. The highest BCUT2D eigenvalue weighted by atomic mass is 35.5. The zero-order valence-corrected chi connectivity index (χ0v) is 13.9. The Kier molecular flexibility index (Phi) is 5.63. The van der Waals surface area contributed by atoms with E-state index in [-0.39, 0.29) is 5.91 Å². The Bertz CT molecular complexity index is 637. The van der Waals surface area contributed by atoms with Gasteiger partial charge < -0.3 is 10.6 Å². The molecule has 0 bridgehead atoms. The number of rotatable bonds is 5. The molecule has 116 valence electrons.